The molecule has 0 radical (unpaired) electrons. The molecule has 2 nitrogen and oxygen atoms in total. The highest BCUT2D eigenvalue weighted by Gasteiger charge is 2.35. The fourth-order valence-electron chi connectivity index (χ4n) is 2.41. The van der Waals surface area contributed by atoms with E-state index in [9.17, 15) is 5.11 Å². The van der Waals surface area contributed by atoms with Crippen molar-refractivity contribution in [2.24, 2.45) is 0 Å². The van der Waals surface area contributed by atoms with Crippen molar-refractivity contribution in [1.82, 2.24) is 0 Å². The van der Waals surface area contributed by atoms with E-state index < -0.39 is 11.2 Å². The molecule has 0 saturated heterocycles. The molecular formula is C18H20BClO2S. The fourth-order valence-corrected chi connectivity index (χ4v) is 3.97. The second kappa shape index (κ2) is 5.78. The first-order valence-electron chi connectivity index (χ1n) is 7.66. The third kappa shape index (κ3) is 3.01. The highest BCUT2D eigenvalue weighted by Crippen LogP contribution is 2.37. The van der Waals surface area contributed by atoms with Crippen LogP contribution >= 0.6 is 22.9 Å². The summed E-state index contributed by atoms with van der Waals surface area (Å²) < 4.78 is 8.42. The monoisotopic (exact) mass is 346 g/mol. The van der Waals surface area contributed by atoms with Crippen molar-refractivity contribution in [1.29, 1.82) is 0 Å². The molecule has 2 aromatic carbocycles. The molecule has 1 N–H and O–H groups in total. The van der Waals surface area contributed by atoms with Crippen LogP contribution in [0.2, 0.25) is 5.02 Å². The van der Waals surface area contributed by atoms with E-state index in [0.29, 0.717) is 7.48 Å². The quantitative estimate of drug-likeness (QED) is 0.716. The van der Waals surface area contributed by atoms with Crippen LogP contribution in [0, 0.1) is 0 Å². The third-order valence-electron chi connectivity index (χ3n) is 4.62. The van der Waals surface area contributed by atoms with E-state index >= 15 is 0 Å². The summed E-state index contributed by atoms with van der Waals surface area (Å²) in [6.45, 7) is 7.36. The molecule has 5 heteroatoms. The van der Waals surface area contributed by atoms with Crippen LogP contribution in [0.25, 0.3) is 20.2 Å². The van der Waals surface area contributed by atoms with Crippen molar-refractivity contribution < 1.29 is 9.76 Å². The SMILES string of the molecule is CC(C)(O)C(C)(C)OBc1cccc2c1sc1cccc(Cl)c12. The fraction of sp³-hybridized carbons (Fsp3) is 0.333. The van der Waals surface area contributed by atoms with Gasteiger partial charge in [-0.1, -0.05) is 35.9 Å². The summed E-state index contributed by atoms with van der Waals surface area (Å²) in [4.78, 5) is 0. The van der Waals surface area contributed by atoms with E-state index in [4.69, 9.17) is 16.3 Å². The topological polar surface area (TPSA) is 29.5 Å². The van der Waals surface area contributed by atoms with Gasteiger partial charge in [0.2, 0.25) is 0 Å². The van der Waals surface area contributed by atoms with Gasteiger partial charge in [0.15, 0.2) is 0 Å². The predicted molar refractivity (Wildman–Crippen MR) is 103 cm³/mol. The molecule has 23 heavy (non-hydrogen) atoms. The van der Waals surface area contributed by atoms with Gasteiger partial charge in [-0.15, -0.1) is 11.3 Å². The van der Waals surface area contributed by atoms with Gasteiger partial charge in [-0.05, 0) is 45.3 Å². The Hall–Kier alpha value is -1.07. The number of aliphatic hydroxyl groups is 1. The van der Waals surface area contributed by atoms with Gasteiger partial charge in [-0.2, -0.15) is 0 Å². The van der Waals surface area contributed by atoms with Crippen molar-refractivity contribution in [2.75, 3.05) is 0 Å². The van der Waals surface area contributed by atoms with E-state index in [-0.39, 0.29) is 0 Å². The van der Waals surface area contributed by atoms with Crippen molar-refractivity contribution in [3.8, 4) is 0 Å². The van der Waals surface area contributed by atoms with E-state index in [1.54, 1.807) is 25.2 Å². The summed E-state index contributed by atoms with van der Waals surface area (Å²) in [7, 11) is 0.457. The van der Waals surface area contributed by atoms with E-state index in [0.717, 1.165) is 21.3 Å². The highest BCUT2D eigenvalue weighted by molar-refractivity contribution is 7.27. The van der Waals surface area contributed by atoms with Gasteiger partial charge in [0.1, 0.15) is 0 Å². The zero-order valence-corrected chi connectivity index (χ0v) is 15.4. The van der Waals surface area contributed by atoms with Crippen LogP contribution in [0.1, 0.15) is 27.7 Å². The lowest BCUT2D eigenvalue weighted by atomic mass is 9.82. The first-order chi connectivity index (χ1) is 10.7. The normalized spacial score (nSPS) is 13.0. The average molecular weight is 347 g/mol. The highest BCUT2D eigenvalue weighted by atomic mass is 35.5. The molecule has 0 atom stereocenters. The Kier molecular flexibility index (Phi) is 4.22. The van der Waals surface area contributed by atoms with Gasteiger partial charge in [0.05, 0.1) is 11.2 Å². The van der Waals surface area contributed by atoms with E-state index in [1.165, 1.54) is 9.40 Å². The number of benzene rings is 2. The average Bonchev–Trinajstić information content (AvgIpc) is 2.84. The minimum atomic E-state index is -0.912. The van der Waals surface area contributed by atoms with Crippen LogP contribution in [0.4, 0.5) is 0 Å². The standard InChI is InChI=1S/C18H20BClO2S/c1-17(2,21)18(3,4)22-19-12-8-5-7-11-15-13(20)9-6-10-14(15)23-16(11)12/h5-10,19,21H,1-4H3. The summed E-state index contributed by atoms with van der Waals surface area (Å²) in [6, 6.07) is 12.2. The second-order valence-electron chi connectivity index (χ2n) is 6.87. The molecule has 3 aromatic rings. The Morgan fingerprint density at radius 3 is 2.48 bits per heavy atom. The van der Waals surface area contributed by atoms with Crippen molar-refractivity contribution in [3.63, 3.8) is 0 Å². The van der Waals surface area contributed by atoms with Crippen molar-refractivity contribution >= 4 is 56.1 Å². The Bertz CT molecular complexity index is 864. The molecule has 0 amide bonds. The maximum absolute atomic E-state index is 10.2. The summed E-state index contributed by atoms with van der Waals surface area (Å²) in [5.41, 5.74) is -0.425. The van der Waals surface area contributed by atoms with E-state index in [2.05, 4.69) is 18.2 Å². The number of hydrogen-bond acceptors (Lipinski definition) is 3. The third-order valence-corrected chi connectivity index (χ3v) is 6.18. The molecule has 0 aliphatic carbocycles. The van der Waals surface area contributed by atoms with Gasteiger partial charge in [0.25, 0.3) is 0 Å². The Morgan fingerprint density at radius 2 is 1.78 bits per heavy atom. The molecule has 0 aliphatic heterocycles. The van der Waals surface area contributed by atoms with Gasteiger partial charge < -0.3 is 9.76 Å². The van der Waals surface area contributed by atoms with Crippen LogP contribution in [0.5, 0.6) is 0 Å². The first-order valence-corrected chi connectivity index (χ1v) is 8.85. The molecule has 0 spiro atoms. The van der Waals surface area contributed by atoms with Gasteiger partial charge in [-0.3, -0.25) is 0 Å². The Balaban J connectivity index is 2.03. The predicted octanol–water partition coefficient (Wildman–Crippen LogP) is 4.25. The molecule has 120 valence electrons. The van der Waals surface area contributed by atoms with Crippen molar-refractivity contribution in [3.05, 3.63) is 41.4 Å². The van der Waals surface area contributed by atoms with Crippen LogP contribution in [0.15, 0.2) is 36.4 Å². The second-order valence-corrected chi connectivity index (χ2v) is 8.33. The zero-order chi connectivity index (χ0) is 16.8. The van der Waals surface area contributed by atoms with Crippen LogP contribution < -0.4 is 5.46 Å². The molecule has 0 unspecified atom stereocenters. The maximum atomic E-state index is 10.2. The molecule has 0 fully saturated rings. The van der Waals surface area contributed by atoms with Gasteiger partial charge in [0, 0.05) is 25.2 Å². The minimum Gasteiger partial charge on any atom is -0.427 e. The lowest BCUT2D eigenvalue weighted by Crippen LogP contribution is -2.49. The lowest BCUT2D eigenvalue weighted by Gasteiger charge is -2.37. The molecule has 0 bridgehead atoms. The Morgan fingerprint density at radius 1 is 1.09 bits per heavy atom. The van der Waals surface area contributed by atoms with Crippen molar-refractivity contribution in [2.45, 2.75) is 38.9 Å². The summed E-state index contributed by atoms with van der Waals surface area (Å²) >= 11 is 8.12. The molecule has 1 heterocycles. The molecule has 1 aromatic heterocycles. The zero-order valence-electron chi connectivity index (χ0n) is 13.8. The first kappa shape index (κ1) is 16.8. The van der Waals surface area contributed by atoms with Crippen LogP contribution in [-0.2, 0) is 4.65 Å². The van der Waals surface area contributed by atoms with Crippen LogP contribution in [0.3, 0.4) is 0 Å². The van der Waals surface area contributed by atoms with E-state index in [1.807, 2.05) is 32.0 Å². The number of thiophene rings is 1. The number of rotatable bonds is 4. The molecule has 0 saturated carbocycles. The van der Waals surface area contributed by atoms with Gasteiger partial charge >= 0.3 is 7.48 Å². The smallest absolute Gasteiger partial charge is 0.310 e. The Labute approximate surface area is 146 Å². The molecular weight excluding hydrogens is 327 g/mol. The summed E-state index contributed by atoms with van der Waals surface area (Å²) in [6.07, 6.45) is 0. The maximum Gasteiger partial charge on any atom is 0.310 e. The van der Waals surface area contributed by atoms with Gasteiger partial charge in [-0.25, -0.2) is 0 Å². The number of hydrogen-bond donors (Lipinski definition) is 1. The summed E-state index contributed by atoms with van der Waals surface area (Å²) in [5.74, 6) is 0. The number of fused-ring (bicyclic) bond motifs is 3. The van der Waals surface area contributed by atoms with Crippen LogP contribution in [-0.4, -0.2) is 23.8 Å². The summed E-state index contributed by atoms with van der Waals surface area (Å²) in [5, 5.41) is 13.3. The largest absolute Gasteiger partial charge is 0.427 e. The molecule has 0 aliphatic rings. The lowest BCUT2D eigenvalue weighted by molar-refractivity contribution is -0.0893. The number of halogens is 1. The minimum absolute atomic E-state index is 0.457. The molecule has 3 rings (SSSR count).